The molecule has 2 bridgehead atoms. The third kappa shape index (κ3) is 5.28. The first kappa shape index (κ1) is 26.2. The number of piperidine rings is 1. The van der Waals surface area contributed by atoms with Crippen LogP contribution in [-0.2, 0) is 15.6 Å². The van der Waals surface area contributed by atoms with Gasteiger partial charge in [0, 0.05) is 30.6 Å². The van der Waals surface area contributed by atoms with Crippen molar-refractivity contribution in [3.63, 3.8) is 0 Å². The number of benzene rings is 3. The number of nitrogens with zero attached hydrogens (tertiary/aromatic N) is 1. The highest BCUT2D eigenvalue weighted by Gasteiger charge is 2.51. The van der Waals surface area contributed by atoms with E-state index in [2.05, 4.69) is 59.6 Å². The van der Waals surface area contributed by atoms with Crippen LogP contribution in [0.5, 0.6) is 5.75 Å². The molecule has 2 fully saturated rings. The second-order valence-corrected chi connectivity index (χ2v) is 11.8. The number of nitrogens with one attached hydrogen (secondary N) is 1. The molecule has 2 aliphatic rings. The standard InChI is InChI=1S/C34H40N2O2/c1-25-24-36(19-11-14-26-12-6-4-7-13-26)30-21-29(22-34(25,23-30)28-17-10-18-31(37)20-28)35-32(38)33(2,3)27-15-8-5-9-16-27/h4-18,20,25,29-30,37H,19,21-24H2,1-3H3,(H,35,38)/b14-11+/t25-,29+,30+,34+/m0/s1. The molecule has 0 spiro atoms. The van der Waals surface area contributed by atoms with E-state index in [1.165, 1.54) is 11.1 Å². The summed E-state index contributed by atoms with van der Waals surface area (Å²) in [5.74, 6) is 0.764. The Bertz CT molecular complexity index is 1270. The number of aromatic hydroxyl groups is 1. The molecule has 4 nitrogen and oxygen atoms in total. The topological polar surface area (TPSA) is 52.6 Å². The van der Waals surface area contributed by atoms with Crippen molar-refractivity contribution in [2.45, 2.75) is 62.9 Å². The molecule has 3 aromatic rings. The average Bonchev–Trinajstić information content (AvgIpc) is 2.92. The highest BCUT2D eigenvalue weighted by molar-refractivity contribution is 5.87. The van der Waals surface area contributed by atoms with Crippen molar-refractivity contribution in [2.24, 2.45) is 5.92 Å². The van der Waals surface area contributed by atoms with E-state index in [-0.39, 0.29) is 17.4 Å². The van der Waals surface area contributed by atoms with Gasteiger partial charge in [0.1, 0.15) is 5.75 Å². The number of carbonyl (C=O) groups excluding carboxylic acids is 1. The van der Waals surface area contributed by atoms with Crippen molar-refractivity contribution in [3.05, 3.63) is 108 Å². The highest BCUT2D eigenvalue weighted by Crippen LogP contribution is 2.50. The van der Waals surface area contributed by atoms with Gasteiger partial charge in [-0.25, -0.2) is 0 Å². The SMILES string of the molecule is C[C@H]1CN(C/C=C/c2ccccc2)[C@@H]2C[C@@H](NC(=O)C(C)(C)c3ccccc3)C[C@@]1(c1cccc(O)c1)C2. The number of rotatable bonds is 7. The first-order chi connectivity index (χ1) is 18.3. The number of phenolic OH excluding ortho intramolecular Hbond substituents is 1. The normalized spacial score (nSPS) is 25.8. The lowest BCUT2D eigenvalue weighted by atomic mass is 9.57. The minimum absolute atomic E-state index is 0.0648. The molecule has 5 rings (SSSR count). The molecular formula is C34H40N2O2. The van der Waals surface area contributed by atoms with E-state index in [1.807, 2.05) is 62.4 Å². The summed E-state index contributed by atoms with van der Waals surface area (Å²) in [6.07, 6.45) is 7.32. The molecule has 2 N–H and O–H groups in total. The summed E-state index contributed by atoms with van der Waals surface area (Å²) in [4.78, 5) is 16.3. The summed E-state index contributed by atoms with van der Waals surface area (Å²) in [6.45, 7) is 8.24. The quantitative estimate of drug-likeness (QED) is 0.393. The average molecular weight is 509 g/mol. The fraction of sp³-hybridized carbons (Fsp3) is 0.382. The molecule has 1 saturated heterocycles. The Morgan fingerprint density at radius 2 is 1.74 bits per heavy atom. The number of hydrogen-bond donors (Lipinski definition) is 2. The van der Waals surface area contributed by atoms with Crippen LogP contribution in [0.15, 0.2) is 91.0 Å². The highest BCUT2D eigenvalue weighted by atomic mass is 16.3. The lowest BCUT2D eigenvalue weighted by Crippen LogP contribution is -2.62. The van der Waals surface area contributed by atoms with Crippen molar-refractivity contribution in [2.75, 3.05) is 13.1 Å². The van der Waals surface area contributed by atoms with Crippen LogP contribution in [0, 0.1) is 5.92 Å². The van der Waals surface area contributed by atoms with Crippen LogP contribution in [0.4, 0.5) is 0 Å². The summed E-state index contributed by atoms with van der Waals surface area (Å²) in [5.41, 5.74) is 2.72. The van der Waals surface area contributed by atoms with Crippen LogP contribution in [0.1, 0.15) is 56.7 Å². The maximum atomic E-state index is 13.7. The Labute approximate surface area is 227 Å². The van der Waals surface area contributed by atoms with Gasteiger partial charge in [0.05, 0.1) is 5.41 Å². The Balaban J connectivity index is 1.40. The predicted molar refractivity (Wildman–Crippen MR) is 155 cm³/mol. The lowest BCUT2D eigenvalue weighted by Gasteiger charge is -2.56. The minimum Gasteiger partial charge on any atom is -0.508 e. The number of amides is 1. The maximum absolute atomic E-state index is 13.7. The molecule has 1 aliphatic heterocycles. The molecule has 0 aromatic heterocycles. The van der Waals surface area contributed by atoms with Gasteiger partial charge in [0.25, 0.3) is 0 Å². The van der Waals surface area contributed by atoms with Gasteiger partial charge in [-0.2, -0.15) is 0 Å². The van der Waals surface area contributed by atoms with E-state index in [0.29, 0.717) is 17.7 Å². The number of fused-ring (bicyclic) bond motifs is 2. The summed E-state index contributed by atoms with van der Waals surface area (Å²) in [6, 6.07) is 28.7. The Morgan fingerprint density at radius 1 is 1.03 bits per heavy atom. The Kier molecular flexibility index (Phi) is 7.45. The van der Waals surface area contributed by atoms with Gasteiger partial charge in [-0.3, -0.25) is 9.69 Å². The molecule has 198 valence electrons. The van der Waals surface area contributed by atoms with Crippen molar-refractivity contribution in [1.82, 2.24) is 10.2 Å². The molecule has 4 heteroatoms. The molecular weight excluding hydrogens is 468 g/mol. The molecule has 1 amide bonds. The van der Waals surface area contributed by atoms with Crippen molar-refractivity contribution in [3.8, 4) is 5.75 Å². The molecule has 1 aliphatic carbocycles. The fourth-order valence-electron chi connectivity index (χ4n) is 6.70. The molecule has 4 atom stereocenters. The summed E-state index contributed by atoms with van der Waals surface area (Å²) < 4.78 is 0. The van der Waals surface area contributed by atoms with Crippen LogP contribution >= 0.6 is 0 Å². The monoisotopic (exact) mass is 508 g/mol. The van der Waals surface area contributed by atoms with Crippen LogP contribution < -0.4 is 5.32 Å². The smallest absolute Gasteiger partial charge is 0.230 e. The first-order valence-electron chi connectivity index (χ1n) is 13.9. The second-order valence-electron chi connectivity index (χ2n) is 11.8. The lowest BCUT2D eigenvalue weighted by molar-refractivity contribution is -0.127. The molecule has 0 unspecified atom stereocenters. The fourth-order valence-corrected chi connectivity index (χ4v) is 6.70. The zero-order chi connectivity index (χ0) is 26.8. The van der Waals surface area contributed by atoms with E-state index in [4.69, 9.17) is 0 Å². The van der Waals surface area contributed by atoms with Gasteiger partial charge < -0.3 is 10.4 Å². The Hall–Kier alpha value is -3.37. The zero-order valence-electron chi connectivity index (χ0n) is 22.8. The van der Waals surface area contributed by atoms with E-state index in [1.54, 1.807) is 6.07 Å². The molecule has 1 heterocycles. The van der Waals surface area contributed by atoms with Crippen LogP contribution in [-0.4, -0.2) is 41.1 Å². The largest absolute Gasteiger partial charge is 0.508 e. The summed E-state index contributed by atoms with van der Waals surface area (Å²) in [5, 5.41) is 13.8. The summed E-state index contributed by atoms with van der Waals surface area (Å²) in [7, 11) is 0. The van der Waals surface area contributed by atoms with Gasteiger partial charge in [-0.05, 0) is 67.9 Å². The molecule has 3 aromatic carbocycles. The molecule has 1 saturated carbocycles. The first-order valence-corrected chi connectivity index (χ1v) is 13.9. The predicted octanol–water partition coefficient (Wildman–Crippen LogP) is 6.31. The van der Waals surface area contributed by atoms with E-state index in [0.717, 1.165) is 37.9 Å². The van der Waals surface area contributed by atoms with Crippen molar-refractivity contribution >= 4 is 12.0 Å². The number of hydrogen-bond acceptors (Lipinski definition) is 3. The van der Waals surface area contributed by atoms with E-state index in [9.17, 15) is 9.90 Å². The number of likely N-dealkylation sites (tertiary alicyclic amines) is 1. The second kappa shape index (κ2) is 10.8. The molecule has 38 heavy (non-hydrogen) atoms. The van der Waals surface area contributed by atoms with Gasteiger partial charge in [0.2, 0.25) is 5.91 Å². The van der Waals surface area contributed by atoms with E-state index < -0.39 is 5.41 Å². The third-order valence-corrected chi connectivity index (χ3v) is 9.00. The Morgan fingerprint density at radius 3 is 2.45 bits per heavy atom. The van der Waals surface area contributed by atoms with Gasteiger partial charge in [0.15, 0.2) is 0 Å². The van der Waals surface area contributed by atoms with E-state index >= 15 is 0 Å². The molecule has 0 radical (unpaired) electrons. The minimum atomic E-state index is -0.615. The number of carbonyl (C=O) groups is 1. The number of phenols is 1. The van der Waals surface area contributed by atoms with Gasteiger partial charge >= 0.3 is 0 Å². The van der Waals surface area contributed by atoms with Gasteiger partial charge in [-0.15, -0.1) is 0 Å². The maximum Gasteiger partial charge on any atom is 0.230 e. The van der Waals surface area contributed by atoms with Crippen LogP contribution in [0.2, 0.25) is 0 Å². The van der Waals surface area contributed by atoms with Crippen LogP contribution in [0.25, 0.3) is 6.08 Å². The zero-order valence-corrected chi connectivity index (χ0v) is 22.8. The third-order valence-electron chi connectivity index (χ3n) is 9.00. The van der Waals surface area contributed by atoms with Gasteiger partial charge in [-0.1, -0.05) is 91.9 Å². The van der Waals surface area contributed by atoms with Crippen molar-refractivity contribution < 1.29 is 9.90 Å². The van der Waals surface area contributed by atoms with Crippen LogP contribution in [0.3, 0.4) is 0 Å². The summed E-state index contributed by atoms with van der Waals surface area (Å²) >= 11 is 0. The van der Waals surface area contributed by atoms with Crippen molar-refractivity contribution in [1.29, 1.82) is 0 Å².